The van der Waals surface area contributed by atoms with Crippen LogP contribution < -0.4 is 0 Å². The van der Waals surface area contributed by atoms with Gasteiger partial charge in [0.2, 0.25) is 5.78 Å². The van der Waals surface area contributed by atoms with Crippen LogP contribution in [0.2, 0.25) is 0 Å². The van der Waals surface area contributed by atoms with Crippen LogP contribution >= 0.6 is 0 Å². The number of epoxide rings is 1. The minimum absolute atomic E-state index is 0.119. The number of carbonyl (C=O) groups excluding carboxylic acids is 6. The van der Waals surface area contributed by atoms with Crippen molar-refractivity contribution in [1.82, 2.24) is 0 Å². The fourth-order valence-electron chi connectivity index (χ4n) is 12.2. The molecule has 15 heteroatoms. The summed E-state index contributed by atoms with van der Waals surface area (Å²) in [6.07, 6.45) is -9.09. The Hall–Kier alpha value is -3.24. The number of allylic oxidation sites excluding steroid dienone is 1. The second-order valence-corrected chi connectivity index (χ2v) is 16.2. The van der Waals surface area contributed by atoms with Crippen molar-refractivity contribution in [3.63, 3.8) is 0 Å². The zero-order valence-corrected chi connectivity index (χ0v) is 29.1. The van der Waals surface area contributed by atoms with Gasteiger partial charge in [0.1, 0.15) is 35.5 Å². The van der Waals surface area contributed by atoms with Gasteiger partial charge in [-0.3, -0.25) is 24.0 Å². The molecule has 0 aromatic rings. The molecule has 0 radical (unpaired) electrons. The highest BCUT2D eigenvalue weighted by atomic mass is 16.6. The molecule has 18 atom stereocenters. The first kappa shape index (κ1) is 35.2. The SMILES string of the molecule is CC(=O)O[C@@H]1[C@H]2[C@H]3[C@H]([C@H](OC(C)=O)[C@H](O)[C@]2(C)[C@@H]2[C@@H]1[C@]1(C)C(=C[C@H]2C)OC(=O)[C@@]1(C)O)[C@@]1(C(C)=O)[C@@H](O)[C@H]2O[C@H]2C[C@]1(O)C(=O)[C@@H]3OC(C)=O. The fraction of sp³-hybridized carbons (Fsp3) is 0.771. The molecule has 274 valence electrons. The van der Waals surface area contributed by atoms with E-state index in [0.29, 0.717) is 0 Å². The van der Waals surface area contributed by atoms with Crippen molar-refractivity contribution in [3.8, 4) is 0 Å². The van der Waals surface area contributed by atoms with E-state index in [1.807, 2.05) is 0 Å². The van der Waals surface area contributed by atoms with Gasteiger partial charge >= 0.3 is 23.9 Å². The number of hydrogen-bond acceptors (Lipinski definition) is 15. The molecule has 7 aliphatic rings. The van der Waals surface area contributed by atoms with Crippen LogP contribution in [0.25, 0.3) is 0 Å². The van der Waals surface area contributed by atoms with Gasteiger partial charge in [-0.05, 0) is 38.7 Å². The van der Waals surface area contributed by atoms with Crippen LogP contribution in [0.15, 0.2) is 11.8 Å². The summed E-state index contributed by atoms with van der Waals surface area (Å²) >= 11 is 0. The molecule has 2 aliphatic heterocycles. The van der Waals surface area contributed by atoms with Gasteiger partial charge < -0.3 is 44.1 Å². The molecule has 0 bridgehead atoms. The lowest BCUT2D eigenvalue weighted by atomic mass is 9.38. The molecule has 0 spiro atoms. The smallest absolute Gasteiger partial charge is 0.343 e. The van der Waals surface area contributed by atoms with Crippen molar-refractivity contribution >= 4 is 35.4 Å². The van der Waals surface area contributed by atoms with E-state index in [9.17, 15) is 49.2 Å². The van der Waals surface area contributed by atoms with E-state index in [0.717, 1.165) is 27.7 Å². The van der Waals surface area contributed by atoms with Gasteiger partial charge in [-0.15, -0.1) is 0 Å². The lowest BCUT2D eigenvalue weighted by Crippen LogP contribution is -2.82. The van der Waals surface area contributed by atoms with Crippen LogP contribution in [-0.4, -0.2) is 110 Å². The van der Waals surface area contributed by atoms with Crippen molar-refractivity contribution in [3.05, 3.63) is 11.8 Å². The summed E-state index contributed by atoms with van der Waals surface area (Å²) in [4.78, 5) is 81.1. The van der Waals surface area contributed by atoms with E-state index in [-0.39, 0.29) is 5.76 Å². The molecule has 5 aliphatic carbocycles. The number of hydrogen-bond donors (Lipinski definition) is 4. The molecule has 15 nitrogen and oxygen atoms in total. The van der Waals surface area contributed by atoms with Gasteiger partial charge in [-0.25, -0.2) is 4.79 Å². The molecule has 2 saturated heterocycles. The maximum absolute atomic E-state index is 14.9. The van der Waals surface area contributed by atoms with E-state index < -0.39 is 148 Å². The maximum Gasteiger partial charge on any atom is 0.343 e. The largest absolute Gasteiger partial charge is 0.462 e. The Morgan fingerprint density at radius 2 is 1.40 bits per heavy atom. The first-order valence-corrected chi connectivity index (χ1v) is 17.0. The summed E-state index contributed by atoms with van der Waals surface area (Å²) in [6, 6.07) is 0. The summed E-state index contributed by atoms with van der Waals surface area (Å²) in [6.45, 7) is 10.6. The number of Topliss-reactive ketones (excluding diaryl/α,β-unsaturated/α-hetero) is 2. The van der Waals surface area contributed by atoms with Gasteiger partial charge in [-0.2, -0.15) is 0 Å². The molecule has 0 amide bonds. The fourth-order valence-corrected chi connectivity index (χ4v) is 12.2. The Morgan fingerprint density at radius 1 is 0.820 bits per heavy atom. The molecule has 4 N–H and O–H groups in total. The molecular formula is C35H44O15. The Labute approximate surface area is 287 Å². The Bertz CT molecular complexity index is 1650. The summed E-state index contributed by atoms with van der Waals surface area (Å²) < 4.78 is 29.0. The van der Waals surface area contributed by atoms with Crippen molar-refractivity contribution in [2.24, 2.45) is 51.8 Å². The van der Waals surface area contributed by atoms with Crippen molar-refractivity contribution in [1.29, 1.82) is 0 Å². The summed E-state index contributed by atoms with van der Waals surface area (Å²) in [5, 5.41) is 49.2. The molecule has 7 rings (SSSR count). The van der Waals surface area contributed by atoms with E-state index >= 15 is 0 Å². The molecule has 2 heterocycles. The van der Waals surface area contributed by atoms with E-state index in [1.54, 1.807) is 26.8 Å². The second-order valence-electron chi connectivity index (χ2n) is 16.2. The topological polar surface area (TPSA) is 233 Å². The Balaban J connectivity index is 1.57. The van der Waals surface area contributed by atoms with Crippen molar-refractivity contribution < 1.29 is 72.9 Å². The first-order chi connectivity index (χ1) is 23.1. The van der Waals surface area contributed by atoms with E-state index in [2.05, 4.69) is 0 Å². The normalized spacial score (nSPS) is 53.9. The lowest BCUT2D eigenvalue weighted by Gasteiger charge is -2.66. The van der Waals surface area contributed by atoms with Crippen LogP contribution in [0.3, 0.4) is 0 Å². The highest BCUT2D eigenvalue weighted by Gasteiger charge is 2.87. The van der Waals surface area contributed by atoms with Crippen LogP contribution in [0.4, 0.5) is 0 Å². The lowest BCUT2D eigenvalue weighted by molar-refractivity contribution is -0.290. The zero-order chi connectivity index (χ0) is 37.0. The number of fused-ring (bicyclic) bond motifs is 10. The quantitative estimate of drug-likeness (QED) is 0.165. The first-order valence-electron chi connectivity index (χ1n) is 17.0. The van der Waals surface area contributed by atoms with Crippen molar-refractivity contribution in [2.45, 2.75) is 116 Å². The van der Waals surface area contributed by atoms with E-state index in [4.69, 9.17) is 23.7 Å². The number of aliphatic hydroxyl groups is 4. The van der Waals surface area contributed by atoms with Gasteiger partial charge in [0.25, 0.3) is 0 Å². The maximum atomic E-state index is 14.9. The monoisotopic (exact) mass is 704 g/mol. The average molecular weight is 705 g/mol. The van der Waals surface area contributed by atoms with Gasteiger partial charge in [0.15, 0.2) is 11.7 Å². The van der Waals surface area contributed by atoms with Crippen LogP contribution in [0.1, 0.15) is 61.8 Å². The zero-order valence-electron chi connectivity index (χ0n) is 29.1. The summed E-state index contributed by atoms with van der Waals surface area (Å²) in [7, 11) is 0. The van der Waals surface area contributed by atoms with Gasteiger partial charge in [0, 0.05) is 56.3 Å². The number of carbonyl (C=O) groups is 6. The van der Waals surface area contributed by atoms with Crippen LogP contribution in [0.5, 0.6) is 0 Å². The molecule has 0 unspecified atom stereocenters. The summed E-state index contributed by atoms with van der Waals surface area (Å²) in [5.74, 6) is -12.1. The Morgan fingerprint density at radius 3 is 1.96 bits per heavy atom. The molecule has 6 fully saturated rings. The third kappa shape index (κ3) is 3.82. The standard InChI is InChI=1S/C35H44O15/c1-11-9-17-32(7,33(8,44)30(43)50-17)22-19(11)31(6)20(25(22)47-14(4)38)18-21(26(27(31)40)48-15(5)39)35(12(2)36)29(42)23-16(49-23)10-34(35,45)28(41)24(18)46-13(3)37/h9,11,16,18-27,29,40,42,44-45H,10H2,1-8H3/t11-,16+,18+,19+,20-,21-,22+,23+,24-,25-,26+,27+,29+,31-,32+,33-,34+,35+/m1/s1. The minimum Gasteiger partial charge on any atom is -0.462 e. The molecule has 0 aromatic carbocycles. The predicted octanol–water partition coefficient (Wildman–Crippen LogP) is -0.474. The third-order valence-corrected chi connectivity index (χ3v) is 14.0. The third-order valence-electron chi connectivity index (χ3n) is 14.0. The predicted molar refractivity (Wildman–Crippen MR) is 163 cm³/mol. The molecule has 4 saturated carbocycles. The minimum atomic E-state index is -2.71. The number of rotatable bonds is 4. The van der Waals surface area contributed by atoms with Gasteiger partial charge in [0.05, 0.1) is 29.1 Å². The van der Waals surface area contributed by atoms with Crippen LogP contribution in [0, 0.1) is 51.8 Å². The molecule has 0 aromatic heterocycles. The summed E-state index contributed by atoms with van der Waals surface area (Å²) in [5.41, 5.74) is -10.5. The van der Waals surface area contributed by atoms with E-state index in [1.165, 1.54) is 6.92 Å². The number of ether oxygens (including phenoxy) is 5. The number of aliphatic hydroxyl groups excluding tert-OH is 2. The number of ketones is 2. The Kier molecular flexibility index (Phi) is 7.34. The molecule has 50 heavy (non-hydrogen) atoms. The average Bonchev–Trinajstić information content (AvgIpc) is 3.67. The number of esters is 4. The van der Waals surface area contributed by atoms with Crippen molar-refractivity contribution in [2.75, 3.05) is 0 Å². The highest BCUT2D eigenvalue weighted by Crippen LogP contribution is 2.76. The highest BCUT2D eigenvalue weighted by molar-refractivity contribution is 6.02. The molecular weight excluding hydrogens is 660 g/mol. The van der Waals surface area contributed by atoms with Crippen LogP contribution in [-0.2, 0) is 52.5 Å². The van der Waals surface area contributed by atoms with Gasteiger partial charge in [-0.1, -0.05) is 13.8 Å². The second kappa shape index (κ2) is 10.4.